The van der Waals surface area contributed by atoms with Gasteiger partial charge in [0.2, 0.25) is 5.95 Å². The third-order valence-corrected chi connectivity index (χ3v) is 3.49. The molecule has 1 aromatic carbocycles. The Labute approximate surface area is 145 Å². The lowest BCUT2D eigenvalue weighted by atomic mass is 10.2. The Morgan fingerprint density at radius 2 is 2.00 bits per heavy atom. The molecule has 24 heavy (non-hydrogen) atoms. The van der Waals surface area contributed by atoms with Crippen LogP contribution in [0.4, 0.5) is 30.6 Å². The highest BCUT2D eigenvalue weighted by atomic mass is 79.9. The quantitative estimate of drug-likeness (QED) is 0.804. The molecule has 2 aromatic rings. The van der Waals surface area contributed by atoms with Crippen molar-refractivity contribution in [1.82, 2.24) is 9.97 Å². The van der Waals surface area contributed by atoms with E-state index in [-0.39, 0.29) is 17.7 Å². The summed E-state index contributed by atoms with van der Waals surface area (Å²) in [5, 5.41) is 0. The van der Waals surface area contributed by atoms with Crippen LogP contribution in [0.5, 0.6) is 5.75 Å². The van der Waals surface area contributed by atoms with Crippen molar-refractivity contribution in [3.05, 3.63) is 34.9 Å². The second-order valence-corrected chi connectivity index (χ2v) is 6.17. The number of nitrogens with zero attached hydrogens (tertiary/aromatic N) is 3. The van der Waals surface area contributed by atoms with Gasteiger partial charge in [-0.2, -0.15) is 18.2 Å². The molecule has 9 heteroatoms. The number of nitrogen functional groups attached to an aromatic ring is 1. The van der Waals surface area contributed by atoms with Crippen molar-refractivity contribution in [3.63, 3.8) is 0 Å². The summed E-state index contributed by atoms with van der Waals surface area (Å²) in [6, 6.07) is 6.39. The third-order valence-electron chi connectivity index (χ3n) is 3.00. The molecule has 0 saturated carbocycles. The normalized spacial score (nSPS) is 11.6. The van der Waals surface area contributed by atoms with Gasteiger partial charge < -0.3 is 15.4 Å². The first-order chi connectivity index (χ1) is 11.2. The molecule has 2 N–H and O–H groups in total. The largest absolute Gasteiger partial charge is 0.482 e. The van der Waals surface area contributed by atoms with Gasteiger partial charge in [-0.3, -0.25) is 0 Å². The Morgan fingerprint density at radius 3 is 2.58 bits per heavy atom. The highest BCUT2D eigenvalue weighted by Crippen LogP contribution is 2.37. The van der Waals surface area contributed by atoms with Crippen LogP contribution in [0.3, 0.4) is 0 Å². The van der Waals surface area contributed by atoms with Crippen LogP contribution in [-0.2, 0) is 0 Å². The van der Waals surface area contributed by atoms with E-state index in [4.69, 9.17) is 10.5 Å². The molecule has 5 nitrogen and oxygen atoms in total. The maximum absolute atomic E-state index is 12.5. The molecule has 0 aliphatic rings. The van der Waals surface area contributed by atoms with Crippen LogP contribution in [-0.4, -0.2) is 28.8 Å². The number of alkyl halides is 3. The van der Waals surface area contributed by atoms with Crippen molar-refractivity contribution in [3.8, 4) is 5.75 Å². The molecular weight excluding hydrogens is 389 g/mol. The summed E-state index contributed by atoms with van der Waals surface area (Å²) in [5.41, 5.74) is 6.07. The number of benzene rings is 1. The number of ether oxygens (including phenoxy) is 1. The number of rotatable bonds is 5. The second-order valence-electron chi connectivity index (χ2n) is 5.25. The average Bonchev–Trinajstić information content (AvgIpc) is 2.46. The molecule has 0 aliphatic carbocycles. The lowest BCUT2D eigenvalue weighted by molar-refractivity contribution is -0.153. The molecule has 130 valence electrons. The van der Waals surface area contributed by atoms with Crippen LogP contribution in [0.2, 0.25) is 0 Å². The number of hydrogen-bond acceptors (Lipinski definition) is 5. The van der Waals surface area contributed by atoms with Gasteiger partial charge in [-0.15, -0.1) is 0 Å². The lowest BCUT2D eigenvalue weighted by Gasteiger charge is -2.29. The minimum absolute atomic E-state index is 0.0769. The van der Waals surface area contributed by atoms with Crippen molar-refractivity contribution in [2.75, 3.05) is 17.2 Å². The van der Waals surface area contributed by atoms with Crippen molar-refractivity contribution in [2.24, 2.45) is 0 Å². The zero-order valence-corrected chi connectivity index (χ0v) is 14.6. The summed E-state index contributed by atoms with van der Waals surface area (Å²) in [6.07, 6.45) is -2.94. The standard InChI is InChI=1S/C15H16BrF3N4O/c1-9(2)23(13-5-6-21-14(20)22-13)11-4-3-10(16)7-12(11)24-8-15(17,18)19/h3-7,9H,8H2,1-2H3,(H2,20,21,22). The van der Waals surface area contributed by atoms with Gasteiger partial charge in [-0.1, -0.05) is 15.9 Å². The van der Waals surface area contributed by atoms with E-state index in [2.05, 4.69) is 25.9 Å². The van der Waals surface area contributed by atoms with Gasteiger partial charge in [0, 0.05) is 16.7 Å². The summed E-state index contributed by atoms with van der Waals surface area (Å²) in [6.45, 7) is 2.38. The molecule has 0 radical (unpaired) electrons. The fraction of sp³-hybridized carbons (Fsp3) is 0.333. The number of aromatic nitrogens is 2. The van der Waals surface area contributed by atoms with Crippen LogP contribution >= 0.6 is 15.9 Å². The molecule has 0 spiro atoms. The van der Waals surface area contributed by atoms with Gasteiger partial charge >= 0.3 is 6.18 Å². The fourth-order valence-corrected chi connectivity index (χ4v) is 2.47. The molecule has 0 atom stereocenters. The average molecular weight is 405 g/mol. The van der Waals surface area contributed by atoms with E-state index in [1.807, 2.05) is 13.8 Å². The van der Waals surface area contributed by atoms with E-state index in [0.29, 0.717) is 16.0 Å². The van der Waals surface area contributed by atoms with Gasteiger partial charge in [0.05, 0.1) is 5.69 Å². The van der Waals surface area contributed by atoms with E-state index in [0.717, 1.165) is 0 Å². The molecule has 1 aromatic heterocycles. The smallest absolute Gasteiger partial charge is 0.422 e. The van der Waals surface area contributed by atoms with Gasteiger partial charge in [-0.05, 0) is 38.1 Å². The van der Waals surface area contributed by atoms with E-state index in [9.17, 15) is 13.2 Å². The summed E-state index contributed by atoms with van der Waals surface area (Å²) in [7, 11) is 0. The minimum atomic E-state index is -4.43. The van der Waals surface area contributed by atoms with Crippen molar-refractivity contribution in [2.45, 2.75) is 26.1 Å². The Balaban J connectivity index is 2.46. The van der Waals surface area contributed by atoms with Gasteiger partial charge in [0.25, 0.3) is 0 Å². The molecule has 0 fully saturated rings. The SMILES string of the molecule is CC(C)N(c1ccnc(N)n1)c1ccc(Br)cc1OCC(F)(F)F. The predicted molar refractivity (Wildman–Crippen MR) is 89.4 cm³/mol. The third kappa shape index (κ3) is 4.73. The number of nitrogens with two attached hydrogens (primary N) is 1. The zero-order valence-electron chi connectivity index (χ0n) is 13.0. The highest BCUT2D eigenvalue weighted by Gasteiger charge is 2.29. The van der Waals surface area contributed by atoms with E-state index < -0.39 is 12.8 Å². The minimum Gasteiger partial charge on any atom is -0.482 e. The molecule has 0 unspecified atom stereocenters. The maximum Gasteiger partial charge on any atom is 0.422 e. The van der Waals surface area contributed by atoms with Gasteiger partial charge in [0.15, 0.2) is 6.61 Å². The van der Waals surface area contributed by atoms with E-state index >= 15 is 0 Å². The summed E-state index contributed by atoms with van der Waals surface area (Å²) in [5.74, 6) is 0.636. The van der Waals surface area contributed by atoms with Crippen molar-refractivity contribution in [1.29, 1.82) is 0 Å². The van der Waals surface area contributed by atoms with Crippen LogP contribution in [0.25, 0.3) is 0 Å². The van der Waals surface area contributed by atoms with Gasteiger partial charge in [0.1, 0.15) is 11.6 Å². The fourth-order valence-electron chi connectivity index (χ4n) is 2.13. The van der Waals surface area contributed by atoms with Crippen LogP contribution in [0, 0.1) is 0 Å². The Hall–Kier alpha value is -2.03. The summed E-state index contributed by atoms with van der Waals surface area (Å²) < 4.78 is 43.2. The van der Waals surface area contributed by atoms with E-state index in [1.165, 1.54) is 12.3 Å². The topological polar surface area (TPSA) is 64.3 Å². The Morgan fingerprint density at radius 1 is 1.29 bits per heavy atom. The van der Waals surface area contributed by atoms with Crippen LogP contribution in [0.1, 0.15) is 13.8 Å². The van der Waals surface area contributed by atoms with Crippen molar-refractivity contribution >= 4 is 33.4 Å². The second kappa shape index (κ2) is 7.25. The molecule has 0 bridgehead atoms. The lowest BCUT2D eigenvalue weighted by Crippen LogP contribution is -2.28. The first-order valence-electron chi connectivity index (χ1n) is 7.04. The predicted octanol–water partition coefficient (Wildman–Crippen LogP) is 4.31. The first-order valence-corrected chi connectivity index (χ1v) is 7.83. The molecule has 0 amide bonds. The Bertz CT molecular complexity index is 709. The molecular formula is C15H16BrF3N4O. The van der Waals surface area contributed by atoms with E-state index in [1.54, 1.807) is 23.1 Å². The summed E-state index contributed by atoms with van der Waals surface area (Å²) in [4.78, 5) is 9.71. The monoisotopic (exact) mass is 404 g/mol. The van der Waals surface area contributed by atoms with Crippen LogP contribution < -0.4 is 15.4 Å². The molecule has 2 rings (SSSR count). The van der Waals surface area contributed by atoms with Crippen molar-refractivity contribution < 1.29 is 17.9 Å². The molecule has 0 saturated heterocycles. The highest BCUT2D eigenvalue weighted by molar-refractivity contribution is 9.10. The Kier molecular flexibility index (Phi) is 5.53. The van der Waals surface area contributed by atoms with Gasteiger partial charge in [-0.25, -0.2) is 4.98 Å². The summed E-state index contributed by atoms with van der Waals surface area (Å²) >= 11 is 3.25. The van der Waals surface area contributed by atoms with Crippen LogP contribution in [0.15, 0.2) is 34.9 Å². The zero-order chi connectivity index (χ0) is 17.9. The number of halogens is 4. The molecule has 0 aliphatic heterocycles. The maximum atomic E-state index is 12.5. The molecule has 1 heterocycles. The first kappa shape index (κ1) is 18.3. The number of hydrogen-bond donors (Lipinski definition) is 1. The number of anilines is 3.